The van der Waals surface area contributed by atoms with Gasteiger partial charge in [0.25, 0.3) is 0 Å². The van der Waals surface area contributed by atoms with Crippen LogP contribution in [0.1, 0.15) is 23.1 Å². The van der Waals surface area contributed by atoms with Crippen molar-refractivity contribution in [3.8, 4) is 0 Å². The first-order valence-electron chi connectivity index (χ1n) is 6.05. The first-order valence-corrected chi connectivity index (χ1v) is 6.86. The van der Waals surface area contributed by atoms with Crippen LogP contribution in [-0.4, -0.2) is 25.2 Å². The van der Waals surface area contributed by atoms with Crippen LogP contribution in [0, 0.1) is 6.92 Å². The summed E-state index contributed by atoms with van der Waals surface area (Å²) in [5.41, 5.74) is 0. The number of halogens is 4. The highest BCUT2D eigenvalue weighted by molar-refractivity contribution is 14.0. The van der Waals surface area contributed by atoms with Gasteiger partial charge >= 0.3 is 6.18 Å². The molecule has 0 fully saturated rings. The average Bonchev–Trinajstić information content (AvgIpc) is 2.70. The van der Waals surface area contributed by atoms with E-state index in [1.54, 1.807) is 11.3 Å². The molecule has 1 rings (SSSR count). The second kappa shape index (κ2) is 9.43. The minimum atomic E-state index is -4.14. The van der Waals surface area contributed by atoms with E-state index < -0.39 is 12.6 Å². The van der Waals surface area contributed by atoms with Crippen molar-refractivity contribution >= 4 is 41.3 Å². The molecule has 0 aliphatic heterocycles. The Morgan fingerprint density at radius 2 is 2.00 bits per heavy atom. The number of rotatable bonds is 5. The van der Waals surface area contributed by atoms with Crippen molar-refractivity contribution in [2.24, 2.45) is 4.99 Å². The maximum atomic E-state index is 12.0. The molecule has 0 amide bonds. The fourth-order valence-electron chi connectivity index (χ4n) is 1.39. The maximum Gasteiger partial charge on any atom is 0.390 e. The second-order valence-electron chi connectivity index (χ2n) is 4.00. The molecule has 1 aromatic heterocycles. The molecule has 1 heterocycles. The molecule has 0 saturated heterocycles. The monoisotopic (exact) mass is 421 g/mol. The van der Waals surface area contributed by atoms with Gasteiger partial charge in [-0.05, 0) is 26.0 Å². The van der Waals surface area contributed by atoms with Gasteiger partial charge in [-0.3, -0.25) is 0 Å². The van der Waals surface area contributed by atoms with Crippen LogP contribution in [0.3, 0.4) is 0 Å². The zero-order valence-electron chi connectivity index (χ0n) is 11.4. The van der Waals surface area contributed by atoms with Gasteiger partial charge in [-0.15, -0.1) is 35.3 Å². The van der Waals surface area contributed by atoms with Gasteiger partial charge in [0.05, 0.1) is 13.0 Å². The summed E-state index contributed by atoms with van der Waals surface area (Å²) in [5.74, 6) is 0.415. The van der Waals surface area contributed by atoms with Crippen LogP contribution in [-0.2, 0) is 6.54 Å². The molecule has 0 aliphatic rings. The van der Waals surface area contributed by atoms with E-state index in [4.69, 9.17) is 0 Å². The Balaban J connectivity index is 0.00000361. The zero-order valence-corrected chi connectivity index (χ0v) is 14.5. The summed E-state index contributed by atoms with van der Waals surface area (Å²) in [6, 6.07) is 3.97. The molecule has 0 bridgehead atoms. The molecule has 2 N–H and O–H groups in total. The summed E-state index contributed by atoms with van der Waals surface area (Å²) < 4.78 is 36.1. The number of hydrogen-bond acceptors (Lipinski definition) is 2. The Hall–Kier alpha value is -0.510. The molecule has 20 heavy (non-hydrogen) atoms. The molecule has 0 saturated carbocycles. The molecule has 0 atom stereocenters. The van der Waals surface area contributed by atoms with E-state index in [1.807, 2.05) is 26.0 Å². The second-order valence-corrected chi connectivity index (χ2v) is 5.37. The summed E-state index contributed by atoms with van der Waals surface area (Å²) in [6.07, 6.45) is -5.01. The van der Waals surface area contributed by atoms with Crippen LogP contribution < -0.4 is 10.6 Å². The third kappa shape index (κ3) is 8.62. The summed E-state index contributed by atoms with van der Waals surface area (Å²) >= 11 is 1.63. The first-order chi connectivity index (χ1) is 8.90. The number of nitrogens with zero attached hydrogens (tertiary/aromatic N) is 1. The fraction of sp³-hybridized carbons (Fsp3) is 0.583. The molecule has 0 spiro atoms. The van der Waals surface area contributed by atoms with Gasteiger partial charge in [0.1, 0.15) is 0 Å². The van der Waals surface area contributed by atoms with Crippen LogP contribution in [0.15, 0.2) is 17.1 Å². The third-order valence-electron chi connectivity index (χ3n) is 2.23. The van der Waals surface area contributed by atoms with Crippen molar-refractivity contribution in [1.29, 1.82) is 0 Å². The predicted molar refractivity (Wildman–Crippen MR) is 88.0 cm³/mol. The van der Waals surface area contributed by atoms with Gasteiger partial charge in [-0.2, -0.15) is 13.2 Å². The highest BCUT2D eigenvalue weighted by atomic mass is 127. The average molecular weight is 421 g/mol. The van der Waals surface area contributed by atoms with E-state index in [9.17, 15) is 13.2 Å². The standard InChI is InChI=1S/C12H18F3N3S.HI/c1-3-16-11(17-7-6-12(13,14)15)18-8-10-5-4-9(2)19-10;/h4-5H,3,6-8H2,1-2H3,(H2,16,17,18);1H. The van der Waals surface area contributed by atoms with E-state index in [1.165, 1.54) is 4.88 Å². The van der Waals surface area contributed by atoms with Gasteiger partial charge < -0.3 is 10.6 Å². The highest BCUT2D eigenvalue weighted by Crippen LogP contribution is 2.18. The topological polar surface area (TPSA) is 36.4 Å². The van der Waals surface area contributed by atoms with E-state index in [0.29, 0.717) is 19.0 Å². The number of aliphatic imine (C=N–C) groups is 1. The number of hydrogen-bond donors (Lipinski definition) is 2. The Kier molecular flexibility index (Phi) is 9.19. The van der Waals surface area contributed by atoms with E-state index >= 15 is 0 Å². The van der Waals surface area contributed by atoms with Crippen molar-refractivity contribution in [3.05, 3.63) is 21.9 Å². The van der Waals surface area contributed by atoms with Crippen molar-refractivity contribution in [3.63, 3.8) is 0 Å². The summed E-state index contributed by atoms with van der Waals surface area (Å²) in [4.78, 5) is 6.54. The lowest BCUT2D eigenvalue weighted by atomic mass is 10.4. The largest absolute Gasteiger partial charge is 0.390 e. The van der Waals surface area contributed by atoms with Crippen molar-refractivity contribution in [2.45, 2.75) is 33.0 Å². The van der Waals surface area contributed by atoms with E-state index in [0.717, 1.165) is 4.88 Å². The highest BCUT2D eigenvalue weighted by Gasteiger charge is 2.26. The Morgan fingerprint density at radius 1 is 1.30 bits per heavy atom. The molecule has 0 radical (unpaired) electrons. The van der Waals surface area contributed by atoms with Gasteiger partial charge in [0.2, 0.25) is 0 Å². The lowest BCUT2D eigenvalue weighted by Gasteiger charge is -2.12. The molecule has 0 aromatic carbocycles. The molecular formula is C12H19F3IN3S. The number of alkyl halides is 3. The van der Waals surface area contributed by atoms with Gasteiger partial charge in [-0.25, -0.2) is 4.99 Å². The van der Waals surface area contributed by atoms with Crippen LogP contribution in [0.2, 0.25) is 0 Å². The Morgan fingerprint density at radius 3 is 2.50 bits per heavy atom. The Bertz CT molecular complexity index is 418. The minimum absolute atomic E-state index is 0. The molecule has 0 aliphatic carbocycles. The number of guanidine groups is 1. The van der Waals surface area contributed by atoms with Crippen LogP contribution in [0.5, 0.6) is 0 Å². The predicted octanol–water partition coefficient (Wildman–Crippen LogP) is 3.68. The van der Waals surface area contributed by atoms with E-state index in [-0.39, 0.29) is 30.5 Å². The molecule has 8 heteroatoms. The normalized spacial score (nSPS) is 11.9. The van der Waals surface area contributed by atoms with Crippen LogP contribution in [0.25, 0.3) is 0 Å². The van der Waals surface area contributed by atoms with Crippen molar-refractivity contribution in [1.82, 2.24) is 10.6 Å². The summed E-state index contributed by atoms with van der Waals surface area (Å²) in [5, 5.41) is 5.60. The lowest BCUT2D eigenvalue weighted by molar-refractivity contribution is -0.132. The zero-order chi connectivity index (χ0) is 14.3. The van der Waals surface area contributed by atoms with Gasteiger partial charge in [0, 0.05) is 22.8 Å². The molecular weight excluding hydrogens is 402 g/mol. The maximum absolute atomic E-state index is 12.0. The molecule has 3 nitrogen and oxygen atoms in total. The van der Waals surface area contributed by atoms with Crippen molar-refractivity contribution < 1.29 is 13.2 Å². The summed E-state index contributed by atoms with van der Waals surface area (Å²) in [7, 11) is 0. The quantitative estimate of drug-likeness (QED) is 0.433. The van der Waals surface area contributed by atoms with Crippen LogP contribution in [0.4, 0.5) is 13.2 Å². The van der Waals surface area contributed by atoms with Gasteiger partial charge in [0.15, 0.2) is 5.96 Å². The lowest BCUT2D eigenvalue weighted by Crippen LogP contribution is -2.38. The smallest absolute Gasteiger partial charge is 0.357 e. The summed E-state index contributed by atoms with van der Waals surface area (Å²) in [6.45, 7) is 4.79. The van der Waals surface area contributed by atoms with Crippen molar-refractivity contribution in [2.75, 3.05) is 13.1 Å². The van der Waals surface area contributed by atoms with E-state index in [2.05, 4.69) is 15.6 Å². The molecule has 0 unspecified atom stereocenters. The fourth-order valence-corrected chi connectivity index (χ4v) is 2.21. The molecule has 116 valence electrons. The number of aryl methyl sites for hydroxylation is 1. The van der Waals surface area contributed by atoms with Crippen LogP contribution >= 0.6 is 35.3 Å². The Labute approximate surface area is 138 Å². The van der Waals surface area contributed by atoms with Gasteiger partial charge in [-0.1, -0.05) is 0 Å². The number of thiophene rings is 1. The number of nitrogens with one attached hydrogen (secondary N) is 2. The minimum Gasteiger partial charge on any atom is -0.357 e. The SMILES string of the molecule is CCNC(=NCc1ccc(C)s1)NCCC(F)(F)F.I. The third-order valence-corrected chi connectivity index (χ3v) is 3.22. The first kappa shape index (κ1) is 19.5. The molecule has 1 aromatic rings.